The highest BCUT2D eigenvalue weighted by Crippen LogP contribution is 2.25. The van der Waals surface area contributed by atoms with Crippen molar-refractivity contribution in [3.63, 3.8) is 0 Å². The van der Waals surface area contributed by atoms with E-state index in [1.54, 1.807) is 0 Å². The van der Waals surface area contributed by atoms with Gasteiger partial charge in [0.2, 0.25) is 5.91 Å². The van der Waals surface area contributed by atoms with E-state index in [1.165, 1.54) is 24.8 Å². The molecule has 0 spiro atoms. The lowest BCUT2D eigenvalue weighted by atomic mass is 9.85. The summed E-state index contributed by atoms with van der Waals surface area (Å²) in [6, 6.07) is 7.25. The predicted molar refractivity (Wildman–Crippen MR) is 75.7 cm³/mol. The summed E-state index contributed by atoms with van der Waals surface area (Å²) in [6.45, 7) is 2.80. The number of carbonyl (C=O) groups is 1. The molecule has 1 fully saturated rings. The SMILES string of the molecule is Cc1ccc(C(N)C(=O)NCC2CCC2)cc1.Cl. The zero-order valence-corrected chi connectivity index (χ0v) is 11.5. The number of benzene rings is 1. The van der Waals surface area contributed by atoms with Gasteiger partial charge < -0.3 is 11.1 Å². The molecular weight excluding hydrogens is 248 g/mol. The van der Waals surface area contributed by atoms with E-state index in [0.717, 1.165) is 12.1 Å². The van der Waals surface area contributed by atoms with Gasteiger partial charge in [-0.25, -0.2) is 0 Å². The summed E-state index contributed by atoms with van der Waals surface area (Å²) in [6.07, 6.45) is 3.77. The predicted octanol–water partition coefficient (Wildman–Crippen LogP) is 2.33. The topological polar surface area (TPSA) is 55.1 Å². The molecule has 0 aliphatic heterocycles. The van der Waals surface area contributed by atoms with E-state index >= 15 is 0 Å². The zero-order valence-electron chi connectivity index (χ0n) is 10.7. The van der Waals surface area contributed by atoms with Gasteiger partial charge in [0.1, 0.15) is 6.04 Å². The summed E-state index contributed by atoms with van der Waals surface area (Å²) in [5.74, 6) is 0.602. The number of hydrogen-bond donors (Lipinski definition) is 2. The van der Waals surface area contributed by atoms with E-state index in [2.05, 4.69) is 5.32 Å². The van der Waals surface area contributed by atoms with Crippen molar-refractivity contribution < 1.29 is 4.79 Å². The molecule has 3 N–H and O–H groups in total. The molecule has 3 nitrogen and oxygen atoms in total. The van der Waals surface area contributed by atoms with Gasteiger partial charge in [0.25, 0.3) is 0 Å². The van der Waals surface area contributed by atoms with Crippen LogP contribution in [0, 0.1) is 12.8 Å². The van der Waals surface area contributed by atoms with Gasteiger partial charge in [0.15, 0.2) is 0 Å². The third-order valence-electron chi connectivity index (χ3n) is 3.51. The van der Waals surface area contributed by atoms with E-state index in [1.807, 2.05) is 31.2 Å². The number of rotatable bonds is 4. The highest BCUT2D eigenvalue weighted by Gasteiger charge is 2.20. The molecule has 100 valence electrons. The number of amides is 1. The number of halogens is 1. The molecule has 0 aromatic heterocycles. The van der Waals surface area contributed by atoms with Crippen molar-refractivity contribution in [3.05, 3.63) is 35.4 Å². The Balaban J connectivity index is 0.00000162. The second kappa shape index (κ2) is 6.76. The molecule has 18 heavy (non-hydrogen) atoms. The van der Waals surface area contributed by atoms with Crippen LogP contribution >= 0.6 is 12.4 Å². The molecule has 0 saturated heterocycles. The van der Waals surface area contributed by atoms with Crippen LogP contribution in [0.25, 0.3) is 0 Å². The number of carbonyl (C=O) groups excluding carboxylic acids is 1. The Labute approximate surface area is 115 Å². The molecule has 0 heterocycles. The lowest BCUT2D eigenvalue weighted by Crippen LogP contribution is -2.38. The first-order valence-corrected chi connectivity index (χ1v) is 6.26. The average molecular weight is 269 g/mol. The van der Waals surface area contributed by atoms with Gasteiger partial charge in [-0.05, 0) is 31.2 Å². The van der Waals surface area contributed by atoms with E-state index in [-0.39, 0.29) is 18.3 Å². The van der Waals surface area contributed by atoms with Crippen LogP contribution < -0.4 is 11.1 Å². The van der Waals surface area contributed by atoms with Crippen molar-refractivity contribution in [2.45, 2.75) is 32.2 Å². The summed E-state index contributed by atoms with van der Waals surface area (Å²) >= 11 is 0. The van der Waals surface area contributed by atoms with Gasteiger partial charge in [-0.3, -0.25) is 4.79 Å². The Bertz CT molecular complexity index is 387. The smallest absolute Gasteiger partial charge is 0.241 e. The summed E-state index contributed by atoms with van der Waals surface area (Å²) < 4.78 is 0. The van der Waals surface area contributed by atoms with Crippen molar-refractivity contribution in [3.8, 4) is 0 Å². The maximum atomic E-state index is 11.8. The Morgan fingerprint density at radius 3 is 2.50 bits per heavy atom. The molecule has 1 amide bonds. The van der Waals surface area contributed by atoms with Crippen LogP contribution in [0.5, 0.6) is 0 Å². The van der Waals surface area contributed by atoms with Crippen LogP contribution in [-0.4, -0.2) is 12.5 Å². The lowest BCUT2D eigenvalue weighted by molar-refractivity contribution is -0.122. The van der Waals surface area contributed by atoms with E-state index in [9.17, 15) is 4.79 Å². The fourth-order valence-corrected chi connectivity index (χ4v) is 1.98. The number of hydrogen-bond acceptors (Lipinski definition) is 2. The maximum Gasteiger partial charge on any atom is 0.241 e. The maximum absolute atomic E-state index is 11.8. The molecule has 1 aromatic carbocycles. The van der Waals surface area contributed by atoms with Crippen LogP contribution in [0.3, 0.4) is 0 Å². The van der Waals surface area contributed by atoms with Crippen molar-refractivity contribution >= 4 is 18.3 Å². The molecule has 1 atom stereocenters. The van der Waals surface area contributed by atoms with Crippen molar-refractivity contribution in [1.82, 2.24) is 5.32 Å². The van der Waals surface area contributed by atoms with Crippen LogP contribution in [0.4, 0.5) is 0 Å². The summed E-state index contributed by atoms with van der Waals surface area (Å²) in [5, 5.41) is 2.93. The molecule has 1 saturated carbocycles. The minimum Gasteiger partial charge on any atom is -0.354 e. The molecule has 0 radical (unpaired) electrons. The summed E-state index contributed by atoms with van der Waals surface area (Å²) in [5.41, 5.74) is 7.98. The van der Waals surface area contributed by atoms with E-state index in [0.29, 0.717) is 5.92 Å². The highest BCUT2D eigenvalue weighted by atomic mass is 35.5. The quantitative estimate of drug-likeness (QED) is 0.881. The van der Waals surface area contributed by atoms with Crippen molar-refractivity contribution in [2.75, 3.05) is 6.54 Å². The molecular formula is C14H21ClN2O. The first-order valence-electron chi connectivity index (χ1n) is 6.26. The third kappa shape index (κ3) is 3.72. The Kier molecular flexibility index (Phi) is 5.63. The molecule has 0 bridgehead atoms. The minimum atomic E-state index is -0.546. The second-order valence-electron chi connectivity index (χ2n) is 4.93. The standard InChI is InChI=1S/C14H20N2O.ClH/c1-10-5-7-12(8-6-10)13(15)14(17)16-9-11-3-2-4-11;/h5-8,11,13H,2-4,9,15H2,1H3,(H,16,17);1H. The van der Waals surface area contributed by atoms with Crippen LogP contribution in [-0.2, 0) is 4.79 Å². The third-order valence-corrected chi connectivity index (χ3v) is 3.51. The Hall–Kier alpha value is -1.06. The van der Waals surface area contributed by atoms with Gasteiger partial charge in [-0.1, -0.05) is 36.2 Å². The number of nitrogens with two attached hydrogens (primary N) is 1. The molecule has 1 aliphatic rings. The highest BCUT2D eigenvalue weighted by molar-refractivity contribution is 5.85. The van der Waals surface area contributed by atoms with Crippen LogP contribution in [0.15, 0.2) is 24.3 Å². The van der Waals surface area contributed by atoms with E-state index in [4.69, 9.17) is 5.73 Å². The molecule has 1 aliphatic carbocycles. The molecule has 1 aromatic rings. The molecule has 2 rings (SSSR count). The molecule has 1 unspecified atom stereocenters. The fraction of sp³-hybridized carbons (Fsp3) is 0.500. The largest absolute Gasteiger partial charge is 0.354 e. The molecule has 4 heteroatoms. The van der Waals surface area contributed by atoms with Gasteiger partial charge in [0, 0.05) is 6.54 Å². The fourth-order valence-electron chi connectivity index (χ4n) is 1.98. The van der Waals surface area contributed by atoms with Gasteiger partial charge >= 0.3 is 0 Å². The minimum absolute atomic E-state index is 0. The van der Waals surface area contributed by atoms with Gasteiger partial charge in [0.05, 0.1) is 0 Å². The summed E-state index contributed by atoms with van der Waals surface area (Å²) in [4.78, 5) is 11.8. The lowest BCUT2D eigenvalue weighted by Gasteiger charge is -2.26. The van der Waals surface area contributed by atoms with Crippen molar-refractivity contribution in [2.24, 2.45) is 11.7 Å². The first-order chi connectivity index (χ1) is 8.16. The summed E-state index contributed by atoms with van der Waals surface area (Å²) in [7, 11) is 0. The first kappa shape index (κ1) is 15.0. The van der Waals surface area contributed by atoms with Crippen LogP contribution in [0.2, 0.25) is 0 Å². The zero-order chi connectivity index (χ0) is 12.3. The second-order valence-corrected chi connectivity index (χ2v) is 4.93. The van der Waals surface area contributed by atoms with E-state index < -0.39 is 6.04 Å². The van der Waals surface area contributed by atoms with Gasteiger partial charge in [-0.2, -0.15) is 0 Å². The van der Waals surface area contributed by atoms with Crippen LogP contribution in [0.1, 0.15) is 36.4 Å². The Morgan fingerprint density at radius 1 is 1.39 bits per heavy atom. The number of nitrogens with one attached hydrogen (secondary N) is 1. The number of aryl methyl sites for hydroxylation is 1. The monoisotopic (exact) mass is 268 g/mol. The van der Waals surface area contributed by atoms with Gasteiger partial charge in [-0.15, -0.1) is 12.4 Å². The Morgan fingerprint density at radius 2 is 2.00 bits per heavy atom. The average Bonchev–Trinajstić information content (AvgIpc) is 2.27. The normalized spacial score (nSPS) is 16.3. The van der Waals surface area contributed by atoms with Crippen molar-refractivity contribution in [1.29, 1.82) is 0 Å².